The Hall–Kier alpha value is -3.04. The van der Waals surface area contributed by atoms with Crippen LogP contribution in [0.2, 0.25) is 0 Å². The standard InChI is InChI=1S/C14H11F3N2O5/c15-14(16,17)11-6-9(19(21)22)3-4-12(11)24-8-13(20)18-7-10-2-1-5-23-10/h1-6H,7-8H2,(H,18,20). The molecule has 1 aromatic carbocycles. The monoisotopic (exact) mass is 344 g/mol. The van der Waals surface area contributed by atoms with Gasteiger partial charge in [0.1, 0.15) is 17.1 Å². The fourth-order valence-electron chi connectivity index (χ4n) is 1.77. The molecular formula is C14H11F3N2O5. The van der Waals surface area contributed by atoms with Gasteiger partial charge >= 0.3 is 6.18 Å². The third-order valence-electron chi connectivity index (χ3n) is 2.88. The number of nitro benzene ring substituents is 1. The lowest BCUT2D eigenvalue weighted by atomic mass is 10.1. The average Bonchev–Trinajstić information content (AvgIpc) is 3.03. The highest BCUT2D eigenvalue weighted by atomic mass is 19.4. The first-order valence-electron chi connectivity index (χ1n) is 6.55. The molecule has 0 aliphatic rings. The number of non-ortho nitro benzene ring substituents is 1. The second-order valence-corrected chi connectivity index (χ2v) is 4.58. The first-order chi connectivity index (χ1) is 11.3. The first kappa shape index (κ1) is 17.3. The highest BCUT2D eigenvalue weighted by Crippen LogP contribution is 2.38. The number of halogens is 3. The van der Waals surface area contributed by atoms with Crippen LogP contribution in [0, 0.1) is 10.1 Å². The van der Waals surface area contributed by atoms with Crippen molar-refractivity contribution in [2.75, 3.05) is 6.61 Å². The lowest BCUT2D eigenvalue weighted by molar-refractivity contribution is -0.385. The molecule has 0 bridgehead atoms. The molecule has 0 atom stereocenters. The summed E-state index contributed by atoms with van der Waals surface area (Å²) in [6.07, 6.45) is -3.45. The highest BCUT2D eigenvalue weighted by molar-refractivity contribution is 5.77. The minimum atomic E-state index is -4.86. The van der Waals surface area contributed by atoms with Crippen molar-refractivity contribution in [2.45, 2.75) is 12.7 Å². The SMILES string of the molecule is O=C(COc1ccc([N+](=O)[O-])cc1C(F)(F)F)NCc1ccco1. The molecule has 0 radical (unpaired) electrons. The summed E-state index contributed by atoms with van der Waals surface area (Å²) in [6.45, 7) is -0.622. The van der Waals surface area contributed by atoms with Crippen LogP contribution < -0.4 is 10.1 Å². The van der Waals surface area contributed by atoms with E-state index >= 15 is 0 Å². The Labute approximate surface area is 133 Å². The summed E-state index contributed by atoms with van der Waals surface area (Å²) in [5.41, 5.74) is -2.05. The van der Waals surface area contributed by atoms with Gasteiger partial charge in [0, 0.05) is 12.1 Å². The summed E-state index contributed by atoms with van der Waals surface area (Å²) >= 11 is 0. The van der Waals surface area contributed by atoms with Crippen molar-refractivity contribution < 1.29 is 32.0 Å². The zero-order valence-electron chi connectivity index (χ0n) is 12.0. The quantitative estimate of drug-likeness (QED) is 0.642. The van der Waals surface area contributed by atoms with Crippen molar-refractivity contribution in [3.8, 4) is 5.75 Å². The molecule has 0 unspecified atom stereocenters. The Morgan fingerprint density at radius 3 is 2.67 bits per heavy atom. The largest absolute Gasteiger partial charge is 0.483 e. The molecule has 24 heavy (non-hydrogen) atoms. The van der Waals surface area contributed by atoms with E-state index in [2.05, 4.69) is 5.32 Å². The predicted octanol–water partition coefficient (Wildman–Crippen LogP) is 2.90. The molecule has 0 saturated carbocycles. The van der Waals surface area contributed by atoms with E-state index in [0.717, 1.165) is 12.1 Å². The van der Waals surface area contributed by atoms with Crippen LogP contribution in [0.25, 0.3) is 0 Å². The maximum absolute atomic E-state index is 12.9. The van der Waals surface area contributed by atoms with Gasteiger partial charge in [-0.3, -0.25) is 14.9 Å². The number of nitrogens with zero attached hydrogens (tertiary/aromatic N) is 1. The number of alkyl halides is 3. The Morgan fingerprint density at radius 1 is 1.33 bits per heavy atom. The van der Waals surface area contributed by atoms with E-state index in [1.807, 2.05) is 0 Å². The van der Waals surface area contributed by atoms with E-state index in [1.165, 1.54) is 6.26 Å². The number of amides is 1. The molecule has 1 amide bonds. The van der Waals surface area contributed by atoms with E-state index in [0.29, 0.717) is 11.8 Å². The lowest BCUT2D eigenvalue weighted by Crippen LogP contribution is -2.28. The van der Waals surface area contributed by atoms with Crippen LogP contribution in [0.5, 0.6) is 5.75 Å². The number of carbonyl (C=O) groups is 1. The second kappa shape index (κ2) is 7.02. The Balaban J connectivity index is 2.03. The maximum atomic E-state index is 12.9. The fraction of sp³-hybridized carbons (Fsp3) is 0.214. The predicted molar refractivity (Wildman–Crippen MR) is 74.1 cm³/mol. The van der Waals surface area contributed by atoms with Crippen LogP contribution in [0.1, 0.15) is 11.3 Å². The van der Waals surface area contributed by atoms with Gasteiger partial charge in [-0.25, -0.2) is 0 Å². The van der Waals surface area contributed by atoms with E-state index in [-0.39, 0.29) is 6.54 Å². The van der Waals surface area contributed by atoms with E-state index in [4.69, 9.17) is 9.15 Å². The van der Waals surface area contributed by atoms with Gasteiger partial charge in [0.15, 0.2) is 6.61 Å². The zero-order chi connectivity index (χ0) is 17.7. The van der Waals surface area contributed by atoms with Gasteiger partial charge in [0.2, 0.25) is 0 Å². The topological polar surface area (TPSA) is 94.6 Å². The molecule has 1 N–H and O–H groups in total. The van der Waals surface area contributed by atoms with Gasteiger partial charge in [0.25, 0.3) is 11.6 Å². The van der Waals surface area contributed by atoms with E-state index in [9.17, 15) is 28.1 Å². The van der Waals surface area contributed by atoms with Crippen molar-refractivity contribution in [3.63, 3.8) is 0 Å². The molecule has 2 rings (SSSR count). The minimum absolute atomic E-state index is 0.0571. The zero-order valence-corrected chi connectivity index (χ0v) is 12.0. The van der Waals surface area contributed by atoms with Crippen molar-refractivity contribution in [1.29, 1.82) is 0 Å². The van der Waals surface area contributed by atoms with Crippen LogP contribution >= 0.6 is 0 Å². The van der Waals surface area contributed by atoms with Crippen molar-refractivity contribution in [3.05, 3.63) is 58.0 Å². The summed E-state index contributed by atoms with van der Waals surface area (Å²) in [5, 5.41) is 13.0. The molecule has 0 saturated heterocycles. The molecular weight excluding hydrogens is 333 g/mol. The molecule has 0 aliphatic heterocycles. The molecule has 7 nitrogen and oxygen atoms in total. The van der Waals surface area contributed by atoms with Crippen LogP contribution in [-0.2, 0) is 17.5 Å². The lowest BCUT2D eigenvalue weighted by Gasteiger charge is -2.13. The van der Waals surface area contributed by atoms with Crippen molar-refractivity contribution >= 4 is 11.6 Å². The highest BCUT2D eigenvalue weighted by Gasteiger charge is 2.36. The molecule has 0 fully saturated rings. The summed E-state index contributed by atoms with van der Waals surface area (Å²) in [7, 11) is 0. The number of benzene rings is 1. The van der Waals surface area contributed by atoms with Gasteiger partial charge < -0.3 is 14.5 Å². The number of hydrogen-bond acceptors (Lipinski definition) is 5. The van der Waals surface area contributed by atoms with Crippen LogP contribution in [-0.4, -0.2) is 17.4 Å². The average molecular weight is 344 g/mol. The molecule has 1 aromatic heterocycles. The smallest absolute Gasteiger partial charge is 0.420 e. The second-order valence-electron chi connectivity index (χ2n) is 4.58. The number of carbonyl (C=O) groups excluding carboxylic acids is 1. The fourth-order valence-corrected chi connectivity index (χ4v) is 1.77. The molecule has 2 aromatic rings. The normalized spacial score (nSPS) is 11.1. The Morgan fingerprint density at radius 2 is 2.08 bits per heavy atom. The molecule has 0 aliphatic carbocycles. The summed E-state index contributed by atoms with van der Waals surface area (Å²) in [6, 6.07) is 5.26. The van der Waals surface area contributed by atoms with Crippen LogP contribution in [0.4, 0.5) is 18.9 Å². The third-order valence-corrected chi connectivity index (χ3v) is 2.88. The number of nitrogens with one attached hydrogen (secondary N) is 1. The maximum Gasteiger partial charge on any atom is 0.420 e. The summed E-state index contributed by atoms with van der Waals surface area (Å²) < 4.78 is 48.6. The van der Waals surface area contributed by atoms with Gasteiger partial charge in [-0.2, -0.15) is 13.2 Å². The Kier molecular flexibility index (Phi) is 5.07. The number of rotatable bonds is 6. The van der Waals surface area contributed by atoms with E-state index in [1.54, 1.807) is 12.1 Å². The van der Waals surface area contributed by atoms with Crippen LogP contribution in [0.15, 0.2) is 41.0 Å². The number of nitro groups is 1. The molecule has 0 spiro atoms. The van der Waals surface area contributed by atoms with Crippen LogP contribution in [0.3, 0.4) is 0 Å². The van der Waals surface area contributed by atoms with Gasteiger partial charge in [-0.15, -0.1) is 0 Å². The van der Waals surface area contributed by atoms with E-state index < -0.39 is 40.6 Å². The van der Waals surface area contributed by atoms with Gasteiger partial charge in [-0.05, 0) is 18.2 Å². The van der Waals surface area contributed by atoms with Gasteiger partial charge in [0.05, 0.1) is 17.7 Å². The van der Waals surface area contributed by atoms with Crippen molar-refractivity contribution in [2.24, 2.45) is 0 Å². The molecule has 10 heteroatoms. The summed E-state index contributed by atoms with van der Waals surface area (Å²) in [4.78, 5) is 21.2. The molecule has 1 heterocycles. The molecule has 128 valence electrons. The third kappa shape index (κ3) is 4.48. The summed E-state index contributed by atoms with van der Waals surface area (Å²) in [5.74, 6) is -0.867. The Bertz CT molecular complexity index is 729. The van der Waals surface area contributed by atoms with Crippen molar-refractivity contribution in [1.82, 2.24) is 5.32 Å². The first-order valence-corrected chi connectivity index (χ1v) is 6.55. The number of ether oxygens (including phenoxy) is 1. The minimum Gasteiger partial charge on any atom is -0.483 e. The van der Waals surface area contributed by atoms with Gasteiger partial charge in [-0.1, -0.05) is 0 Å². The number of furan rings is 1. The number of hydrogen-bond donors (Lipinski definition) is 1.